The van der Waals surface area contributed by atoms with Gasteiger partial charge in [0.2, 0.25) is 15.9 Å². The summed E-state index contributed by atoms with van der Waals surface area (Å²) in [6.07, 6.45) is 0.137. The molecule has 1 heterocycles. The van der Waals surface area contributed by atoms with E-state index in [1.165, 1.54) is 17.0 Å². The van der Waals surface area contributed by atoms with Gasteiger partial charge in [-0.25, -0.2) is 13.6 Å². The number of amides is 1. The van der Waals surface area contributed by atoms with Crippen molar-refractivity contribution in [2.24, 2.45) is 5.14 Å². The van der Waals surface area contributed by atoms with Crippen molar-refractivity contribution in [1.29, 1.82) is 0 Å². The van der Waals surface area contributed by atoms with Crippen LogP contribution in [0.4, 0.5) is 0 Å². The number of benzene rings is 1. The second-order valence-electron chi connectivity index (χ2n) is 4.90. The van der Waals surface area contributed by atoms with Gasteiger partial charge in [-0.1, -0.05) is 23.2 Å². The van der Waals surface area contributed by atoms with Crippen LogP contribution in [0.5, 0.6) is 5.75 Å². The van der Waals surface area contributed by atoms with Crippen LogP contribution in [-0.4, -0.2) is 43.2 Å². The Bertz CT molecular complexity index is 678. The maximum absolute atomic E-state index is 11.9. The summed E-state index contributed by atoms with van der Waals surface area (Å²) in [7, 11) is -3.63. The lowest BCUT2D eigenvalue weighted by molar-refractivity contribution is -0.127. The molecule has 0 aromatic heterocycles. The highest BCUT2D eigenvalue weighted by molar-refractivity contribution is 7.89. The summed E-state index contributed by atoms with van der Waals surface area (Å²) in [6, 6.07) is 2.89. The normalized spacial score (nSPS) is 19.3. The zero-order chi connectivity index (χ0) is 15.8. The SMILES string of the molecule is NS(=O)(=O)CCN1C[C@H](c2c(O)ccc(Cl)c2Cl)CC1=O. The molecule has 116 valence electrons. The first-order chi connectivity index (χ1) is 9.69. The Hall–Kier alpha value is -1.02. The molecule has 9 heteroatoms. The van der Waals surface area contributed by atoms with E-state index in [4.69, 9.17) is 28.3 Å². The average molecular weight is 353 g/mol. The zero-order valence-electron chi connectivity index (χ0n) is 10.9. The number of carbonyl (C=O) groups is 1. The van der Waals surface area contributed by atoms with E-state index in [9.17, 15) is 18.3 Å². The molecule has 0 aliphatic carbocycles. The minimum absolute atomic E-state index is 0.0209. The van der Waals surface area contributed by atoms with E-state index in [0.717, 1.165) is 0 Å². The zero-order valence-corrected chi connectivity index (χ0v) is 13.2. The van der Waals surface area contributed by atoms with Gasteiger partial charge in [0.15, 0.2) is 0 Å². The number of phenolic OH excluding ortho intramolecular Hbond substituents is 1. The van der Waals surface area contributed by atoms with Crippen molar-refractivity contribution in [1.82, 2.24) is 4.90 Å². The Kier molecular flexibility index (Phi) is 4.67. The molecule has 0 saturated carbocycles. The number of carbonyl (C=O) groups excluding carboxylic acids is 1. The van der Waals surface area contributed by atoms with Gasteiger partial charge in [-0.3, -0.25) is 4.79 Å². The van der Waals surface area contributed by atoms with Crippen LogP contribution in [0.15, 0.2) is 12.1 Å². The highest BCUT2D eigenvalue weighted by Crippen LogP contribution is 2.41. The fraction of sp³-hybridized carbons (Fsp3) is 0.417. The number of primary sulfonamides is 1. The molecule has 3 N–H and O–H groups in total. The van der Waals surface area contributed by atoms with Crippen LogP contribution >= 0.6 is 23.2 Å². The van der Waals surface area contributed by atoms with E-state index >= 15 is 0 Å². The lowest BCUT2D eigenvalue weighted by Crippen LogP contribution is -2.32. The van der Waals surface area contributed by atoms with Gasteiger partial charge < -0.3 is 10.0 Å². The van der Waals surface area contributed by atoms with E-state index in [1.807, 2.05) is 0 Å². The van der Waals surface area contributed by atoms with Gasteiger partial charge in [-0.15, -0.1) is 0 Å². The van der Waals surface area contributed by atoms with Crippen molar-refractivity contribution >= 4 is 39.1 Å². The summed E-state index contributed by atoms with van der Waals surface area (Å²) in [5, 5.41) is 15.4. The molecule has 1 saturated heterocycles. The molecule has 1 aliphatic rings. The molecule has 6 nitrogen and oxygen atoms in total. The lowest BCUT2D eigenvalue weighted by Gasteiger charge is -2.17. The number of nitrogens with two attached hydrogens (primary N) is 1. The monoisotopic (exact) mass is 352 g/mol. The van der Waals surface area contributed by atoms with Gasteiger partial charge in [0.05, 0.1) is 15.8 Å². The molecule has 0 radical (unpaired) electrons. The third-order valence-electron chi connectivity index (χ3n) is 3.38. The number of hydrogen-bond donors (Lipinski definition) is 2. The number of halogens is 2. The maximum atomic E-state index is 11.9. The van der Waals surface area contributed by atoms with Gasteiger partial charge in [0.25, 0.3) is 0 Å². The van der Waals surface area contributed by atoms with E-state index in [-0.39, 0.29) is 47.9 Å². The molecule has 0 spiro atoms. The number of likely N-dealkylation sites (tertiary alicyclic amines) is 1. The second kappa shape index (κ2) is 6.00. The summed E-state index contributed by atoms with van der Waals surface area (Å²) in [5.74, 6) is -0.875. The van der Waals surface area contributed by atoms with E-state index in [2.05, 4.69) is 0 Å². The van der Waals surface area contributed by atoms with Gasteiger partial charge in [-0.2, -0.15) is 0 Å². The Morgan fingerprint density at radius 2 is 2.05 bits per heavy atom. The van der Waals surface area contributed by atoms with Crippen LogP contribution in [-0.2, 0) is 14.8 Å². The number of nitrogens with zero attached hydrogens (tertiary/aromatic N) is 1. The molecule has 0 bridgehead atoms. The van der Waals surface area contributed by atoms with Gasteiger partial charge in [0.1, 0.15) is 5.75 Å². The molecule has 21 heavy (non-hydrogen) atoms. The molecule has 1 aromatic rings. The van der Waals surface area contributed by atoms with Crippen molar-refractivity contribution in [2.45, 2.75) is 12.3 Å². The average Bonchev–Trinajstić information content (AvgIpc) is 2.72. The fourth-order valence-corrected chi connectivity index (χ4v) is 3.32. The van der Waals surface area contributed by atoms with Crippen LogP contribution in [0.1, 0.15) is 17.9 Å². The van der Waals surface area contributed by atoms with Crippen LogP contribution < -0.4 is 5.14 Å². The van der Waals surface area contributed by atoms with Crippen molar-refractivity contribution in [2.75, 3.05) is 18.8 Å². The summed E-state index contributed by atoms with van der Waals surface area (Å²) >= 11 is 12.0. The smallest absolute Gasteiger partial charge is 0.223 e. The lowest BCUT2D eigenvalue weighted by atomic mass is 9.97. The van der Waals surface area contributed by atoms with E-state index < -0.39 is 10.0 Å². The summed E-state index contributed by atoms with van der Waals surface area (Å²) in [6.45, 7) is 0.287. The first-order valence-corrected chi connectivity index (χ1v) is 8.61. The van der Waals surface area contributed by atoms with Crippen molar-refractivity contribution < 1.29 is 18.3 Å². The Balaban J connectivity index is 2.18. The molecule has 1 aliphatic heterocycles. The van der Waals surface area contributed by atoms with Gasteiger partial charge >= 0.3 is 0 Å². The number of hydrogen-bond acceptors (Lipinski definition) is 4. The third-order valence-corrected chi connectivity index (χ3v) is 4.95. The van der Waals surface area contributed by atoms with Crippen LogP contribution in [0.2, 0.25) is 10.0 Å². The van der Waals surface area contributed by atoms with Crippen LogP contribution in [0, 0.1) is 0 Å². The Morgan fingerprint density at radius 3 is 2.67 bits per heavy atom. The van der Waals surface area contributed by atoms with Crippen molar-refractivity contribution in [3.63, 3.8) is 0 Å². The number of aromatic hydroxyl groups is 1. The molecule has 1 aromatic carbocycles. The predicted molar refractivity (Wildman–Crippen MR) is 80.0 cm³/mol. The van der Waals surface area contributed by atoms with Crippen LogP contribution in [0.3, 0.4) is 0 Å². The molecule has 1 fully saturated rings. The number of sulfonamides is 1. The second-order valence-corrected chi connectivity index (χ2v) is 7.42. The summed E-state index contributed by atoms with van der Waals surface area (Å²) in [5.41, 5.74) is 0.413. The maximum Gasteiger partial charge on any atom is 0.223 e. The molecule has 0 unspecified atom stereocenters. The number of rotatable bonds is 4. The topological polar surface area (TPSA) is 101 Å². The molecular weight excluding hydrogens is 339 g/mol. The quantitative estimate of drug-likeness (QED) is 0.852. The fourth-order valence-electron chi connectivity index (χ4n) is 2.36. The first-order valence-electron chi connectivity index (χ1n) is 6.14. The molecular formula is C12H14Cl2N2O4S. The summed E-state index contributed by atoms with van der Waals surface area (Å²) in [4.78, 5) is 13.3. The highest BCUT2D eigenvalue weighted by Gasteiger charge is 2.34. The third kappa shape index (κ3) is 3.79. The summed E-state index contributed by atoms with van der Waals surface area (Å²) < 4.78 is 21.9. The number of phenols is 1. The standard InChI is InChI=1S/C12H14Cl2N2O4S/c13-8-1-2-9(17)11(12(8)14)7-5-10(18)16(6-7)3-4-21(15,19)20/h1-2,7,17H,3-6H2,(H2,15,19,20)/t7-/m1/s1. The highest BCUT2D eigenvalue weighted by atomic mass is 35.5. The van der Waals surface area contributed by atoms with Crippen molar-refractivity contribution in [3.8, 4) is 5.75 Å². The van der Waals surface area contributed by atoms with E-state index in [1.54, 1.807) is 0 Å². The van der Waals surface area contributed by atoms with Crippen LogP contribution in [0.25, 0.3) is 0 Å². The van der Waals surface area contributed by atoms with Gasteiger partial charge in [-0.05, 0) is 12.1 Å². The van der Waals surface area contributed by atoms with E-state index in [0.29, 0.717) is 10.6 Å². The molecule has 1 atom stereocenters. The minimum atomic E-state index is -3.63. The molecule has 2 rings (SSSR count). The predicted octanol–water partition coefficient (Wildman–Crippen LogP) is 1.30. The molecule has 1 amide bonds. The first kappa shape index (κ1) is 16.4. The Labute approximate surface area is 132 Å². The largest absolute Gasteiger partial charge is 0.508 e. The minimum Gasteiger partial charge on any atom is -0.508 e. The van der Waals surface area contributed by atoms with Crippen molar-refractivity contribution in [3.05, 3.63) is 27.7 Å². The van der Waals surface area contributed by atoms with Gasteiger partial charge in [0, 0.05) is 31.0 Å². The Morgan fingerprint density at radius 1 is 1.38 bits per heavy atom.